The molecule has 33 heavy (non-hydrogen) atoms. The average Bonchev–Trinajstić information content (AvgIpc) is 3.23. The number of benzene rings is 3. The van der Waals surface area contributed by atoms with E-state index in [1.54, 1.807) is 0 Å². The van der Waals surface area contributed by atoms with Crippen LogP contribution in [0.1, 0.15) is 69.0 Å². The lowest BCUT2D eigenvalue weighted by molar-refractivity contribution is 0.423. The molecule has 5 aromatic rings. The first-order valence-corrected chi connectivity index (χ1v) is 12.2. The van der Waals surface area contributed by atoms with E-state index in [1.807, 2.05) is 42.5 Å². The van der Waals surface area contributed by atoms with E-state index in [9.17, 15) is 0 Å². The number of fused-ring (bicyclic) bond motifs is 4. The van der Waals surface area contributed by atoms with E-state index in [0.29, 0.717) is 17.0 Å². The quantitative estimate of drug-likeness (QED) is 0.281. The molecule has 0 radical (unpaired) electrons. The van der Waals surface area contributed by atoms with Crippen molar-refractivity contribution in [3.8, 4) is 11.3 Å². The predicted octanol–water partition coefficient (Wildman–Crippen LogP) is 9.11. The standard InChI is InChI=1S/C30H28FNO/c1-18(2)20-16-24-21-12-8-9-15-26(21)33-30(24)25(17-20)29-23-14-7-6-13-22(23)27(31)28(32-29)19-10-4-3-5-11-19/h6-9,12-19H,3-5,10-11H2,1-2H3. The summed E-state index contributed by atoms with van der Waals surface area (Å²) >= 11 is 0. The number of hydrogen-bond donors (Lipinski definition) is 0. The van der Waals surface area contributed by atoms with Crippen LogP contribution < -0.4 is 0 Å². The number of para-hydroxylation sites is 1. The Morgan fingerprint density at radius 3 is 2.30 bits per heavy atom. The summed E-state index contributed by atoms with van der Waals surface area (Å²) in [5.74, 6) is 0.384. The number of furan rings is 1. The molecule has 0 amide bonds. The van der Waals surface area contributed by atoms with Crippen molar-refractivity contribution in [2.45, 2.75) is 57.8 Å². The second-order valence-electron chi connectivity index (χ2n) is 9.74. The SMILES string of the molecule is CC(C)c1cc(-c2nc(C3CCCCC3)c(F)c3ccccc23)c2oc3ccccc3c2c1. The number of nitrogens with zero attached hydrogens (tertiary/aromatic N) is 1. The number of halogens is 1. The van der Waals surface area contributed by atoms with Gasteiger partial charge in [-0.15, -0.1) is 0 Å². The Balaban J connectivity index is 1.71. The molecule has 1 aliphatic rings. The third kappa shape index (κ3) is 3.33. The minimum absolute atomic E-state index is 0.151. The molecular formula is C30H28FNO. The van der Waals surface area contributed by atoms with Crippen molar-refractivity contribution in [1.29, 1.82) is 0 Å². The van der Waals surface area contributed by atoms with Crippen LogP contribution in [-0.2, 0) is 0 Å². The van der Waals surface area contributed by atoms with Crippen LogP contribution >= 0.6 is 0 Å². The van der Waals surface area contributed by atoms with Gasteiger partial charge in [0.15, 0.2) is 5.82 Å². The van der Waals surface area contributed by atoms with Gasteiger partial charge in [0.05, 0.1) is 11.4 Å². The van der Waals surface area contributed by atoms with Crippen LogP contribution in [-0.4, -0.2) is 4.98 Å². The lowest BCUT2D eigenvalue weighted by Gasteiger charge is -2.23. The zero-order chi connectivity index (χ0) is 22.5. The maximum Gasteiger partial charge on any atom is 0.152 e. The fourth-order valence-electron chi connectivity index (χ4n) is 5.46. The minimum Gasteiger partial charge on any atom is -0.455 e. The lowest BCUT2D eigenvalue weighted by atomic mass is 9.85. The Kier molecular flexibility index (Phi) is 4.94. The molecule has 3 heteroatoms. The first-order chi connectivity index (χ1) is 16.1. The van der Waals surface area contributed by atoms with E-state index in [2.05, 4.69) is 32.0 Å². The Bertz CT molecular complexity index is 1490. The van der Waals surface area contributed by atoms with E-state index < -0.39 is 0 Å². The van der Waals surface area contributed by atoms with Gasteiger partial charge >= 0.3 is 0 Å². The Morgan fingerprint density at radius 1 is 0.848 bits per heavy atom. The van der Waals surface area contributed by atoms with Crippen molar-refractivity contribution in [3.05, 3.63) is 77.7 Å². The van der Waals surface area contributed by atoms with Gasteiger partial charge in [-0.1, -0.05) is 75.6 Å². The molecule has 1 fully saturated rings. The second-order valence-corrected chi connectivity index (χ2v) is 9.74. The van der Waals surface area contributed by atoms with Crippen LogP contribution in [0.25, 0.3) is 44.0 Å². The fraction of sp³-hybridized carbons (Fsp3) is 0.300. The summed E-state index contributed by atoms with van der Waals surface area (Å²) in [6.45, 7) is 4.41. The van der Waals surface area contributed by atoms with Crippen molar-refractivity contribution >= 4 is 32.7 Å². The van der Waals surface area contributed by atoms with Gasteiger partial charge in [-0.25, -0.2) is 9.37 Å². The monoisotopic (exact) mass is 437 g/mol. The average molecular weight is 438 g/mol. The van der Waals surface area contributed by atoms with E-state index >= 15 is 4.39 Å². The Labute approximate surface area is 193 Å². The number of pyridine rings is 1. The highest BCUT2D eigenvalue weighted by Crippen LogP contribution is 2.42. The molecular weight excluding hydrogens is 409 g/mol. The van der Waals surface area contributed by atoms with Crippen LogP contribution in [0.2, 0.25) is 0 Å². The molecule has 0 N–H and O–H groups in total. The molecule has 2 heterocycles. The molecule has 1 saturated carbocycles. The largest absolute Gasteiger partial charge is 0.455 e. The van der Waals surface area contributed by atoms with Gasteiger partial charge in [0.25, 0.3) is 0 Å². The minimum atomic E-state index is -0.151. The van der Waals surface area contributed by atoms with Gasteiger partial charge in [-0.2, -0.15) is 0 Å². The molecule has 166 valence electrons. The second kappa shape index (κ2) is 7.98. The summed E-state index contributed by atoms with van der Waals surface area (Å²) in [6, 6.07) is 20.4. The molecule has 1 aliphatic carbocycles. The summed E-state index contributed by atoms with van der Waals surface area (Å²) in [7, 11) is 0. The molecule has 2 aromatic heterocycles. The summed E-state index contributed by atoms with van der Waals surface area (Å²) in [4.78, 5) is 5.08. The molecule has 0 saturated heterocycles. The number of hydrogen-bond acceptors (Lipinski definition) is 2. The number of aromatic nitrogens is 1. The van der Waals surface area contributed by atoms with E-state index in [0.717, 1.165) is 64.3 Å². The van der Waals surface area contributed by atoms with Crippen LogP contribution in [0.4, 0.5) is 4.39 Å². The number of rotatable bonds is 3. The van der Waals surface area contributed by atoms with Crippen molar-refractivity contribution < 1.29 is 8.81 Å². The summed E-state index contributed by atoms with van der Waals surface area (Å²) in [5.41, 5.74) is 5.36. The molecule has 2 nitrogen and oxygen atoms in total. The van der Waals surface area contributed by atoms with Gasteiger partial charge in [0.1, 0.15) is 11.2 Å². The normalized spacial score (nSPS) is 15.3. The van der Waals surface area contributed by atoms with E-state index in [-0.39, 0.29) is 11.7 Å². The third-order valence-corrected chi connectivity index (χ3v) is 7.29. The highest BCUT2D eigenvalue weighted by molar-refractivity contribution is 6.12. The molecule has 0 unspecified atom stereocenters. The molecule has 3 aromatic carbocycles. The van der Waals surface area contributed by atoms with Gasteiger partial charge in [-0.3, -0.25) is 0 Å². The van der Waals surface area contributed by atoms with Crippen molar-refractivity contribution in [3.63, 3.8) is 0 Å². The van der Waals surface area contributed by atoms with Crippen molar-refractivity contribution in [1.82, 2.24) is 4.98 Å². The van der Waals surface area contributed by atoms with E-state index in [4.69, 9.17) is 9.40 Å². The summed E-state index contributed by atoms with van der Waals surface area (Å²) in [5, 5.41) is 3.70. The first kappa shape index (κ1) is 20.4. The Morgan fingerprint density at radius 2 is 1.55 bits per heavy atom. The maximum absolute atomic E-state index is 15.8. The van der Waals surface area contributed by atoms with Gasteiger partial charge < -0.3 is 4.42 Å². The maximum atomic E-state index is 15.8. The van der Waals surface area contributed by atoms with Gasteiger partial charge in [0, 0.05) is 33.0 Å². The lowest BCUT2D eigenvalue weighted by Crippen LogP contribution is -2.10. The summed E-state index contributed by atoms with van der Waals surface area (Å²) < 4.78 is 22.2. The highest BCUT2D eigenvalue weighted by Gasteiger charge is 2.25. The molecule has 0 bridgehead atoms. The molecule has 6 rings (SSSR count). The first-order valence-electron chi connectivity index (χ1n) is 12.2. The Hall–Kier alpha value is -3.20. The van der Waals surface area contributed by atoms with Gasteiger partial charge in [-0.05, 0) is 42.5 Å². The van der Waals surface area contributed by atoms with Crippen LogP contribution in [0.15, 0.2) is 65.1 Å². The van der Waals surface area contributed by atoms with Crippen molar-refractivity contribution in [2.75, 3.05) is 0 Å². The molecule has 0 aliphatic heterocycles. The van der Waals surface area contributed by atoms with Crippen LogP contribution in [0.5, 0.6) is 0 Å². The van der Waals surface area contributed by atoms with E-state index in [1.165, 1.54) is 12.0 Å². The highest BCUT2D eigenvalue weighted by atomic mass is 19.1. The van der Waals surface area contributed by atoms with Crippen LogP contribution in [0, 0.1) is 5.82 Å². The topological polar surface area (TPSA) is 26.0 Å². The predicted molar refractivity (Wildman–Crippen MR) is 134 cm³/mol. The zero-order valence-electron chi connectivity index (χ0n) is 19.2. The molecule has 0 atom stereocenters. The summed E-state index contributed by atoms with van der Waals surface area (Å²) in [6.07, 6.45) is 5.53. The van der Waals surface area contributed by atoms with Gasteiger partial charge in [0.2, 0.25) is 0 Å². The van der Waals surface area contributed by atoms with Crippen LogP contribution in [0.3, 0.4) is 0 Å². The smallest absolute Gasteiger partial charge is 0.152 e. The van der Waals surface area contributed by atoms with Crippen molar-refractivity contribution in [2.24, 2.45) is 0 Å². The molecule has 0 spiro atoms. The third-order valence-electron chi connectivity index (χ3n) is 7.29. The zero-order valence-corrected chi connectivity index (χ0v) is 19.2. The fourth-order valence-corrected chi connectivity index (χ4v) is 5.46.